The van der Waals surface area contributed by atoms with E-state index < -0.39 is 0 Å². The van der Waals surface area contributed by atoms with Crippen molar-refractivity contribution in [3.8, 4) is 11.3 Å². The maximum absolute atomic E-state index is 12.7. The lowest BCUT2D eigenvalue weighted by Gasteiger charge is -2.03. The summed E-state index contributed by atoms with van der Waals surface area (Å²) in [7, 11) is 0. The highest BCUT2D eigenvalue weighted by Crippen LogP contribution is 2.14. The third-order valence-corrected chi connectivity index (χ3v) is 2.36. The Morgan fingerprint density at radius 2 is 2.00 bits per heavy atom. The van der Waals surface area contributed by atoms with E-state index in [9.17, 15) is 9.18 Å². The van der Waals surface area contributed by atoms with Crippen LogP contribution in [-0.2, 0) is 6.54 Å². The highest BCUT2D eigenvalue weighted by molar-refractivity contribution is 5.57. The lowest BCUT2D eigenvalue weighted by molar-refractivity contribution is 0.628. The number of halogens is 1. The predicted molar refractivity (Wildman–Crippen MR) is 59.6 cm³/mol. The van der Waals surface area contributed by atoms with Gasteiger partial charge < -0.3 is 0 Å². The van der Waals surface area contributed by atoms with Crippen LogP contribution in [0.3, 0.4) is 0 Å². The maximum Gasteiger partial charge on any atom is 0.253 e. The van der Waals surface area contributed by atoms with Gasteiger partial charge in [-0.1, -0.05) is 0 Å². The van der Waals surface area contributed by atoms with E-state index in [4.69, 9.17) is 0 Å². The summed E-state index contributed by atoms with van der Waals surface area (Å²) in [6.07, 6.45) is 1.50. The molecule has 1 aromatic carbocycles. The second-order valence-electron chi connectivity index (χ2n) is 3.41. The first-order chi connectivity index (χ1) is 7.70. The molecule has 0 bridgehead atoms. The zero-order chi connectivity index (χ0) is 11.5. The summed E-state index contributed by atoms with van der Waals surface area (Å²) in [5.41, 5.74) is 1.20. The zero-order valence-electron chi connectivity index (χ0n) is 8.85. The van der Waals surface area contributed by atoms with E-state index in [0.29, 0.717) is 12.2 Å². The maximum atomic E-state index is 12.7. The van der Waals surface area contributed by atoms with Crippen LogP contribution in [0.25, 0.3) is 11.3 Å². The summed E-state index contributed by atoms with van der Waals surface area (Å²) in [6.45, 7) is 2.47. The minimum absolute atomic E-state index is 0.100. The number of aromatic nitrogens is 2. The molecule has 1 aromatic heterocycles. The van der Waals surface area contributed by atoms with Crippen LogP contribution in [0.5, 0.6) is 0 Å². The van der Waals surface area contributed by atoms with Gasteiger partial charge >= 0.3 is 0 Å². The summed E-state index contributed by atoms with van der Waals surface area (Å²) in [5, 5.41) is 0. The first-order valence-electron chi connectivity index (χ1n) is 5.03. The second kappa shape index (κ2) is 4.26. The van der Waals surface area contributed by atoms with Crippen molar-refractivity contribution >= 4 is 0 Å². The molecule has 0 spiro atoms. The quantitative estimate of drug-likeness (QED) is 0.773. The smallest absolute Gasteiger partial charge is 0.253 e. The normalized spacial score (nSPS) is 10.4. The number of nitrogens with zero attached hydrogens (tertiary/aromatic N) is 2. The van der Waals surface area contributed by atoms with Crippen LogP contribution < -0.4 is 5.56 Å². The Bertz CT molecular complexity index is 546. The zero-order valence-corrected chi connectivity index (χ0v) is 8.85. The van der Waals surface area contributed by atoms with Crippen LogP contribution in [0.4, 0.5) is 4.39 Å². The highest BCUT2D eigenvalue weighted by atomic mass is 19.1. The fraction of sp³-hybridized carbons (Fsp3) is 0.167. The Labute approximate surface area is 92.2 Å². The molecule has 0 radical (unpaired) electrons. The molecule has 0 fully saturated rings. The third-order valence-electron chi connectivity index (χ3n) is 2.36. The van der Waals surface area contributed by atoms with Gasteiger partial charge in [-0.05, 0) is 31.2 Å². The molecule has 0 amide bonds. The lowest BCUT2D eigenvalue weighted by Crippen LogP contribution is -2.18. The van der Waals surface area contributed by atoms with Gasteiger partial charge in [0.2, 0.25) is 0 Å². The molecular weight excluding hydrogens is 207 g/mol. The SMILES string of the molecule is CCn1cnc(-c2ccc(F)cc2)cc1=O. The lowest BCUT2D eigenvalue weighted by atomic mass is 10.1. The van der Waals surface area contributed by atoms with Gasteiger partial charge in [-0.15, -0.1) is 0 Å². The van der Waals surface area contributed by atoms with E-state index in [1.807, 2.05) is 6.92 Å². The number of hydrogen-bond acceptors (Lipinski definition) is 2. The van der Waals surface area contributed by atoms with Crippen molar-refractivity contribution in [2.24, 2.45) is 0 Å². The number of aryl methyl sites for hydroxylation is 1. The summed E-state index contributed by atoms with van der Waals surface area (Å²) < 4.78 is 14.2. The monoisotopic (exact) mass is 218 g/mol. The summed E-state index contributed by atoms with van der Waals surface area (Å²) >= 11 is 0. The average Bonchev–Trinajstić information content (AvgIpc) is 2.30. The highest BCUT2D eigenvalue weighted by Gasteiger charge is 2.02. The van der Waals surface area contributed by atoms with E-state index in [-0.39, 0.29) is 11.4 Å². The molecule has 2 rings (SSSR count). The summed E-state index contributed by atoms with van der Waals surface area (Å²) in [5.74, 6) is -0.300. The van der Waals surface area contributed by atoms with Gasteiger partial charge in [0, 0.05) is 18.2 Å². The Kier molecular flexibility index (Phi) is 2.81. The average molecular weight is 218 g/mol. The fourth-order valence-electron chi connectivity index (χ4n) is 1.44. The molecule has 0 N–H and O–H groups in total. The minimum Gasteiger partial charge on any atom is -0.300 e. The molecule has 0 atom stereocenters. The second-order valence-corrected chi connectivity index (χ2v) is 3.41. The molecule has 0 saturated carbocycles. The van der Waals surface area contributed by atoms with Crippen molar-refractivity contribution in [2.45, 2.75) is 13.5 Å². The Balaban J connectivity index is 2.45. The van der Waals surface area contributed by atoms with Crippen molar-refractivity contribution < 1.29 is 4.39 Å². The van der Waals surface area contributed by atoms with Gasteiger partial charge in [0.1, 0.15) is 5.82 Å². The van der Waals surface area contributed by atoms with Crippen LogP contribution in [0.15, 0.2) is 41.5 Å². The molecule has 0 aliphatic rings. The largest absolute Gasteiger partial charge is 0.300 e. The number of hydrogen-bond donors (Lipinski definition) is 0. The van der Waals surface area contributed by atoms with E-state index in [1.54, 1.807) is 12.1 Å². The summed E-state index contributed by atoms with van der Waals surface area (Å²) in [6, 6.07) is 7.36. The van der Waals surface area contributed by atoms with Gasteiger partial charge in [0.15, 0.2) is 0 Å². The van der Waals surface area contributed by atoms with Crippen molar-refractivity contribution in [3.63, 3.8) is 0 Å². The van der Waals surface area contributed by atoms with Crippen LogP contribution in [0, 0.1) is 5.82 Å². The number of benzene rings is 1. The third kappa shape index (κ3) is 2.00. The summed E-state index contributed by atoms with van der Waals surface area (Å²) in [4.78, 5) is 15.7. The molecule has 0 aliphatic carbocycles. The Hall–Kier alpha value is -1.97. The van der Waals surface area contributed by atoms with Crippen molar-refractivity contribution in [1.29, 1.82) is 0 Å². The molecule has 0 aliphatic heterocycles. The van der Waals surface area contributed by atoms with Crippen molar-refractivity contribution in [3.05, 3.63) is 52.8 Å². The van der Waals surface area contributed by atoms with E-state index in [0.717, 1.165) is 5.56 Å². The molecule has 3 nitrogen and oxygen atoms in total. The van der Waals surface area contributed by atoms with Gasteiger partial charge in [0.05, 0.1) is 12.0 Å². The number of rotatable bonds is 2. The molecule has 4 heteroatoms. The molecular formula is C12H11FN2O. The van der Waals surface area contributed by atoms with E-state index in [2.05, 4.69) is 4.98 Å². The molecule has 2 aromatic rings. The van der Waals surface area contributed by atoms with Gasteiger partial charge in [-0.3, -0.25) is 9.36 Å². The van der Waals surface area contributed by atoms with Gasteiger partial charge in [-0.25, -0.2) is 9.37 Å². The van der Waals surface area contributed by atoms with Crippen LogP contribution in [0.1, 0.15) is 6.92 Å². The molecule has 1 heterocycles. The molecule has 0 unspecified atom stereocenters. The van der Waals surface area contributed by atoms with Crippen molar-refractivity contribution in [2.75, 3.05) is 0 Å². The van der Waals surface area contributed by atoms with Gasteiger partial charge in [-0.2, -0.15) is 0 Å². The molecule has 82 valence electrons. The topological polar surface area (TPSA) is 34.9 Å². The van der Waals surface area contributed by atoms with Gasteiger partial charge in [0.25, 0.3) is 5.56 Å². The molecule has 0 saturated heterocycles. The minimum atomic E-state index is -0.300. The fourth-order valence-corrected chi connectivity index (χ4v) is 1.44. The Morgan fingerprint density at radius 1 is 1.31 bits per heavy atom. The Morgan fingerprint density at radius 3 is 2.56 bits per heavy atom. The van der Waals surface area contributed by atoms with Crippen LogP contribution in [0.2, 0.25) is 0 Å². The van der Waals surface area contributed by atoms with E-state index >= 15 is 0 Å². The van der Waals surface area contributed by atoms with Crippen LogP contribution >= 0.6 is 0 Å². The molecule has 16 heavy (non-hydrogen) atoms. The standard InChI is InChI=1S/C12H11FN2O/c1-2-15-8-14-11(7-12(15)16)9-3-5-10(13)6-4-9/h3-8H,2H2,1H3. The van der Waals surface area contributed by atoms with Crippen LogP contribution in [-0.4, -0.2) is 9.55 Å². The van der Waals surface area contributed by atoms with Crippen molar-refractivity contribution in [1.82, 2.24) is 9.55 Å². The first-order valence-corrected chi connectivity index (χ1v) is 5.03. The van der Waals surface area contributed by atoms with E-state index in [1.165, 1.54) is 29.1 Å². The predicted octanol–water partition coefficient (Wildman–Crippen LogP) is 2.07. The first kappa shape index (κ1) is 10.5.